The maximum atomic E-state index is 11.9. The van der Waals surface area contributed by atoms with Gasteiger partial charge in [0.15, 0.2) is 30.9 Å². The van der Waals surface area contributed by atoms with Crippen LogP contribution in [0.4, 0.5) is 0 Å². The van der Waals surface area contributed by atoms with Gasteiger partial charge in [-0.3, -0.25) is 14.1 Å². The SMILES string of the molecule is COC1CC(C2[OH+]C3CC(O)CC(OC4OC(COC(=O)CC(=O)O)C(O)C(O)C4OS(=O)(=O)O)C3CC2OC2OC(CO)C(O)C(O)C2O)CC(OC)C1O. The zero-order chi connectivity index (χ0) is 41.2. The fraction of sp³-hybridized carbons (Fsp3) is 0.938. The van der Waals surface area contributed by atoms with E-state index in [0.29, 0.717) is 0 Å². The Morgan fingerprint density at radius 1 is 0.732 bits per heavy atom. The van der Waals surface area contributed by atoms with Crippen LogP contribution in [-0.4, -0.2) is 213 Å². The molecule has 24 heteroatoms. The van der Waals surface area contributed by atoms with Gasteiger partial charge in [-0.1, -0.05) is 0 Å². The fourth-order valence-corrected chi connectivity index (χ4v) is 8.88. The molecule has 3 aliphatic heterocycles. The number of carbonyl (C=O) groups is 2. The Hall–Kier alpha value is -1.79. The molecule has 3 saturated heterocycles. The molecule has 2 aliphatic carbocycles. The second-order valence-electron chi connectivity index (χ2n) is 14.8. The van der Waals surface area contributed by atoms with Crippen molar-refractivity contribution in [1.82, 2.24) is 0 Å². The van der Waals surface area contributed by atoms with Crippen LogP contribution in [0.1, 0.15) is 38.5 Å². The van der Waals surface area contributed by atoms with Crippen molar-refractivity contribution in [3.05, 3.63) is 0 Å². The lowest BCUT2D eigenvalue weighted by molar-refractivity contribution is -0.367. The first-order chi connectivity index (χ1) is 26.3. The van der Waals surface area contributed by atoms with Gasteiger partial charge in [0, 0.05) is 33.0 Å². The highest BCUT2D eigenvalue weighted by atomic mass is 32.3. The minimum Gasteiger partial charge on any atom is -0.481 e. The van der Waals surface area contributed by atoms with Crippen LogP contribution in [0, 0.1) is 11.8 Å². The van der Waals surface area contributed by atoms with Crippen LogP contribution in [0.15, 0.2) is 0 Å². The summed E-state index contributed by atoms with van der Waals surface area (Å²) in [6.07, 6.45) is -25.6. The van der Waals surface area contributed by atoms with Gasteiger partial charge in [-0.25, -0.2) is 4.18 Å². The number of ether oxygens (including phenoxy) is 8. The summed E-state index contributed by atoms with van der Waals surface area (Å²) in [6.45, 7) is -1.56. The van der Waals surface area contributed by atoms with Crippen LogP contribution in [-0.2, 0) is 57.3 Å². The smallest absolute Gasteiger partial charge is 0.397 e. The van der Waals surface area contributed by atoms with Gasteiger partial charge in [-0.2, -0.15) is 8.42 Å². The number of esters is 1. The molecule has 18 unspecified atom stereocenters. The number of fused-ring (bicyclic) bond motifs is 1. The molecule has 5 aliphatic rings. The Labute approximate surface area is 320 Å². The summed E-state index contributed by atoms with van der Waals surface area (Å²) in [6, 6.07) is 0. The average molecular weight is 838 g/mol. The third-order valence-corrected chi connectivity index (χ3v) is 11.7. The predicted octanol–water partition coefficient (Wildman–Crippen LogP) is -5.55. The molecule has 3 heterocycles. The number of methoxy groups -OCH3 is 2. The molecule has 0 radical (unpaired) electrons. The van der Waals surface area contributed by atoms with Gasteiger partial charge < -0.3 is 83.9 Å². The molecule has 0 spiro atoms. The molecule has 0 bridgehead atoms. The van der Waals surface area contributed by atoms with Crippen molar-refractivity contribution >= 4 is 22.3 Å². The summed E-state index contributed by atoms with van der Waals surface area (Å²) in [4.78, 5) is 22.8. The number of carboxylic acids is 1. The first-order valence-electron chi connectivity index (χ1n) is 18.1. The summed E-state index contributed by atoms with van der Waals surface area (Å²) in [5.74, 6) is -3.86. The van der Waals surface area contributed by atoms with Crippen molar-refractivity contribution in [2.24, 2.45) is 11.8 Å². The quantitative estimate of drug-likeness (QED) is 0.0337. The summed E-state index contributed by atoms with van der Waals surface area (Å²) in [7, 11) is -2.49. The number of hydrogen-bond donors (Lipinski definition) is 10. The summed E-state index contributed by atoms with van der Waals surface area (Å²) in [5.41, 5.74) is 0. The Kier molecular flexibility index (Phi) is 15.4. The molecule has 0 aromatic heterocycles. The molecular formula is C32H53O23S+. The van der Waals surface area contributed by atoms with Crippen molar-refractivity contribution in [3.8, 4) is 0 Å². The third kappa shape index (κ3) is 10.5. The van der Waals surface area contributed by atoms with E-state index in [9.17, 15) is 63.4 Å². The van der Waals surface area contributed by atoms with Crippen LogP contribution in [0.3, 0.4) is 0 Å². The van der Waals surface area contributed by atoms with Gasteiger partial charge in [0.1, 0.15) is 68.0 Å². The number of carboxylic acid groups (broad SMARTS) is 1. The minimum absolute atomic E-state index is 0.0115. The first kappa shape index (κ1) is 45.3. The van der Waals surface area contributed by atoms with Crippen molar-refractivity contribution in [1.29, 1.82) is 0 Å². The zero-order valence-corrected chi connectivity index (χ0v) is 31.2. The van der Waals surface area contributed by atoms with Gasteiger partial charge in [0.05, 0.1) is 36.9 Å². The summed E-state index contributed by atoms with van der Waals surface area (Å²) < 4.78 is 82.7. The topological polar surface area (TPSA) is 357 Å². The molecule has 18 atom stereocenters. The van der Waals surface area contributed by atoms with Gasteiger partial charge in [-0.05, 0) is 19.3 Å². The van der Waals surface area contributed by atoms with E-state index in [2.05, 4.69) is 4.18 Å². The Morgan fingerprint density at radius 3 is 1.93 bits per heavy atom. The summed E-state index contributed by atoms with van der Waals surface area (Å²) >= 11 is 0. The van der Waals surface area contributed by atoms with E-state index in [1.165, 1.54) is 14.2 Å². The van der Waals surface area contributed by atoms with Crippen molar-refractivity contribution in [3.63, 3.8) is 0 Å². The van der Waals surface area contributed by atoms with E-state index < -0.39 is 164 Å². The van der Waals surface area contributed by atoms with Crippen LogP contribution >= 0.6 is 0 Å². The molecule has 2 saturated carbocycles. The Morgan fingerprint density at radius 2 is 1.34 bits per heavy atom. The predicted molar refractivity (Wildman–Crippen MR) is 177 cm³/mol. The standard InChI is InChI=1S/C32H52O23S/c1-47-16-3-11(4-17(48-2)23(16)38)29-18(52-31-28(43)26(41)24(39)19(9-33)53-31)7-13-14(50-29)5-12(34)6-15(13)51-32-30(55-56(44,45)46)27(42)25(40)20(54-32)10-49-22(37)8-21(35)36/h11-20,23-34,38-43H,3-10H2,1-2H3,(H,35,36)(H,44,45,46)/p+1. The van der Waals surface area contributed by atoms with Crippen LogP contribution < -0.4 is 0 Å². The number of carbonyl (C=O) groups excluding carboxylic acids is 1. The van der Waals surface area contributed by atoms with Crippen LogP contribution in [0.5, 0.6) is 0 Å². The van der Waals surface area contributed by atoms with Gasteiger partial charge >= 0.3 is 22.3 Å². The molecule has 0 amide bonds. The van der Waals surface area contributed by atoms with Crippen molar-refractivity contribution in [2.45, 2.75) is 149 Å². The van der Waals surface area contributed by atoms with Crippen molar-refractivity contribution in [2.75, 3.05) is 27.4 Å². The van der Waals surface area contributed by atoms with E-state index >= 15 is 0 Å². The monoisotopic (exact) mass is 837 g/mol. The molecule has 23 nitrogen and oxygen atoms in total. The highest BCUT2D eigenvalue weighted by Gasteiger charge is 2.58. The van der Waals surface area contributed by atoms with E-state index in [0.717, 1.165) is 0 Å². The van der Waals surface area contributed by atoms with E-state index in [1.54, 1.807) is 0 Å². The normalized spacial score (nSPS) is 46.1. The number of hydrogen-bond acceptors (Lipinski definition) is 20. The number of aliphatic carboxylic acids is 1. The van der Waals surface area contributed by atoms with Crippen LogP contribution in [0.2, 0.25) is 0 Å². The van der Waals surface area contributed by atoms with E-state index in [-0.39, 0.29) is 32.1 Å². The molecule has 5 fully saturated rings. The molecule has 11 N–H and O–H groups in total. The second-order valence-corrected chi connectivity index (χ2v) is 15.9. The minimum atomic E-state index is -5.33. The van der Waals surface area contributed by atoms with Gasteiger partial charge in [-0.15, -0.1) is 0 Å². The van der Waals surface area contributed by atoms with Gasteiger partial charge in [0.2, 0.25) is 0 Å². The largest absolute Gasteiger partial charge is 0.481 e. The highest BCUT2D eigenvalue weighted by Crippen LogP contribution is 2.44. The van der Waals surface area contributed by atoms with E-state index in [4.69, 9.17) is 43.0 Å². The number of aliphatic hydroxyl groups is 10. The Balaban J connectivity index is 1.44. The van der Waals surface area contributed by atoms with Crippen molar-refractivity contribution < 1.29 is 111 Å². The molecule has 56 heavy (non-hydrogen) atoms. The molecule has 0 aromatic rings. The van der Waals surface area contributed by atoms with Gasteiger partial charge in [0.25, 0.3) is 0 Å². The molecular weight excluding hydrogens is 784 g/mol. The maximum Gasteiger partial charge on any atom is 0.397 e. The van der Waals surface area contributed by atoms with Crippen LogP contribution in [0.25, 0.3) is 0 Å². The fourth-order valence-electron chi connectivity index (χ4n) is 8.39. The Bertz CT molecular complexity index is 1400. The molecule has 0 aromatic carbocycles. The highest BCUT2D eigenvalue weighted by molar-refractivity contribution is 7.80. The lowest BCUT2D eigenvalue weighted by Crippen LogP contribution is -2.65. The lowest BCUT2D eigenvalue weighted by atomic mass is 9.72. The van der Waals surface area contributed by atoms with E-state index in [1.807, 2.05) is 0 Å². The second kappa shape index (κ2) is 19.1. The third-order valence-electron chi connectivity index (χ3n) is 11.2. The zero-order valence-electron chi connectivity index (χ0n) is 30.4. The molecule has 324 valence electrons. The number of aliphatic hydroxyl groups excluding tert-OH is 8. The summed E-state index contributed by atoms with van der Waals surface area (Å²) in [5, 5.41) is 93.9. The first-order valence-corrected chi connectivity index (χ1v) is 19.5. The average Bonchev–Trinajstić information content (AvgIpc) is 3.13. The lowest BCUT2D eigenvalue weighted by Gasteiger charge is -2.50. The maximum absolute atomic E-state index is 11.9. The number of rotatable bonds is 14. The molecule has 5 rings (SSSR count).